The van der Waals surface area contributed by atoms with Crippen LogP contribution >= 0.6 is 0 Å². The normalized spacial score (nSPS) is 34.3. The highest BCUT2D eigenvalue weighted by Gasteiger charge is 2.43. The van der Waals surface area contributed by atoms with Crippen molar-refractivity contribution in [1.82, 2.24) is 10.2 Å². The van der Waals surface area contributed by atoms with E-state index in [0.29, 0.717) is 0 Å². The topological polar surface area (TPSA) is 41.6 Å². The number of nitrogens with zero attached hydrogens (tertiary/aromatic N) is 1. The number of hydrogen-bond acceptors (Lipinski definition) is 3. The lowest BCUT2D eigenvalue weighted by Crippen LogP contribution is -2.52. The van der Waals surface area contributed by atoms with Gasteiger partial charge in [0, 0.05) is 7.11 Å². The smallest absolute Gasteiger partial charge is 0.240 e. The zero-order chi connectivity index (χ0) is 11.1. The Kier molecular flexibility index (Phi) is 2.73. The van der Waals surface area contributed by atoms with Crippen LogP contribution in [-0.2, 0) is 9.53 Å². The maximum absolute atomic E-state index is 11.9. The number of carbonyl (C=O) groups is 1. The fourth-order valence-corrected chi connectivity index (χ4v) is 2.49. The third-order valence-corrected chi connectivity index (χ3v) is 3.77. The van der Waals surface area contributed by atoms with Gasteiger partial charge in [0.25, 0.3) is 0 Å². The average molecular weight is 212 g/mol. The van der Waals surface area contributed by atoms with E-state index < -0.39 is 0 Å². The van der Waals surface area contributed by atoms with Gasteiger partial charge in [-0.1, -0.05) is 0 Å². The van der Waals surface area contributed by atoms with Gasteiger partial charge in [-0.05, 0) is 33.1 Å². The lowest BCUT2D eigenvalue weighted by atomic mass is 9.79. The van der Waals surface area contributed by atoms with Crippen LogP contribution in [0.3, 0.4) is 0 Å². The summed E-state index contributed by atoms with van der Waals surface area (Å²) in [6.07, 6.45) is 3.51. The van der Waals surface area contributed by atoms with E-state index in [1.807, 2.05) is 18.7 Å². The zero-order valence-electron chi connectivity index (χ0n) is 9.75. The molecule has 0 spiro atoms. The molecule has 15 heavy (non-hydrogen) atoms. The molecule has 2 unspecified atom stereocenters. The Bertz CT molecular complexity index is 258. The molecule has 4 nitrogen and oxygen atoms in total. The lowest BCUT2D eigenvalue weighted by molar-refractivity contribution is -0.139. The molecule has 2 rings (SSSR count). The van der Waals surface area contributed by atoms with Gasteiger partial charge in [0.1, 0.15) is 0 Å². The maximum atomic E-state index is 11.9. The highest BCUT2D eigenvalue weighted by atomic mass is 16.5. The molecule has 1 aliphatic carbocycles. The minimum absolute atomic E-state index is 0.0472. The molecule has 1 N–H and O–H groups in total. The van der Waals surface area contributed by atoms with Crippen molar-refractivity contribution in [3.8, 4) is 0 Å². The standard InChI is InChI=1S/C11H20N2O2/c1-8-10(14)13(9(2)12-8)7-11(15-3)5-4-6-11/h8-9,12H,4-7H2,1-3H3. The Morgan fingerprint density at radius 2 is 2.20 bits per heavy atom. The van der Waals surface area contributed by atoms with Gasteiger partial charge in [0.15, 0.2) is 0 Å². The van der Waals surface area contributed by atoms with Crippen molar-refractivity contribution in [3.63, 3.8) is 0 Å². The van der Waals surface area contributed by atoms with Crippen molar-refractivity contribution in [2.24, 2.45) is 0 Å². The van der Waals surface area contributed by atoms with Crippen LogP contribution in [0.15, 0.2) is 0 Å². The van der Waals surface area contributed by atoms with Crippen LogP contribution < -0.4 is 5.32 Å². The first kappa shape index (κ1) is 10.9. The van der Waals surface area contributed by atoms with Crippen molar-refractivity contribution >= 4 is 5.91 Å². The van der Waals surface area contributed by atoms with E-state index >= 15 is 0 Å². The van der Waals surface area contributed by atoms with Gasteiger partial charge in [-0.3, -0.25) is 10.1 Å². The van der Waals surface area contributed by atoms with Crippen LogP contribution in [0.1, 0.15) is 33.1 Å². The predicted molar refractivity (Wildman–Crippen MR) is 57.4 cm³/mol. The van der Waals surface area contributed by atoms with E-state index in [0.717, 1.165) is 19.4 Å². The third-order valence-electron chi connectivity index (χ3n) is 3.77. The number of amides is 1. The molecule has 0 bridgehead atoms. The summed E-state index contributed by atoms with van der Waals surface area (Å²) in [5.74, 6) is 0.200. The molecule has 1 heterocycles. The van der Waals surface area contributed by atoms with Crippen LogP contribution in [-0.4, -0.2) is 42.3 Å². The second kappa shape index (κ2) is 3.76. The summed E-state index contributed by atoms with van der Waals surface area (Å²) in [5.41, 5.74) is -0.0599. The molecule has 86 valence electrons. The highest BCUT2D eigenvalue weighted by Crippen LogP contribution is 2.36. The molecule has 1 aliphatic heterocycles. The molecule has 0 aromatic carbocycles. The number of nitrogens with one attached hydrogen (secondary N) is 1. The minimum atomic E-state index is -0.0599. The van der Waals surface area contributed by atoms with Gasteiger partial charge in [0.2, 0.25) is 5.91 Å². The van der Waals surface area contributed by atoms with Gasteiger partial charge in [0.05, 0.1) is 24.4 Å². The first-order chi connectivity index (χ1) is 7.08. The summed E-state index contributed by atoms with van der Waals surface area (Å²) in [5, 5.41) is 3.23. The molecule has 2 aliphatic rings. The van der Waals surface area contributed by atoms with E-state index in [9.17, 15) is 4.79 Å². The second-order valence-corrected chi connectivity index (χ2v) is 4.77. The first-order valence-electron chi connectivity index (χ1n) is 5.70. The van der Waals surface area contributed by atoms with Crippen molar-refractivity contribution < 1.29 is 9.53 Å². The Balaban J connectivity index is 2.02. The van der Waals surface area contributed by atoms with Gasteiger partial charge in [-0.2, -0.15) is 0 Å². The number of hydrogen-bond donors (Lipinski definition) is 1. The number of rotatable bonds is 3. The van der Waals surface area contributed by atoms with Crippen molar-refractivity contribution in [1.29, 1.82) is 0 Å². The number of ether oxygens (including phenoxy) is 1. The highest BCUT2D eigenvalue weighted by molar-refractivity contribution is 5.83. The van der Waals surface area contributed by atoms with Crippen molar-refractivity contribution in [2.45, 2.75) is 50.9 Å². The summed E-state index contributed by atoms with van der Waals surface area (Å²) in [6, 6.07) is -0.0472. The molecular weight excluding hydrogens is 192 g/mol. The maximum Gasteiger partial charge on any atom is 0.240 e. The van der Waals surface area contributed by atoms with Gasteiger partial charge >= 0.3 is 0 Å². The fraction of sp³-hybridized carbons (Fsp3) is 0.909. The summed E-state index contributed by atoms with van der Waals surface area (Å²) >= 11 is 0. The van der Waals surface area contributed by atoms with E-state index in [1.165, 1.54) is 6.42 Å². The molecule has 2 atom stereocenters. The van der Waals surface area contributed by atoms with Crippen LogP contribution in [0.5, 0.6) is 0 Å². The molecule has 1 saturated heterocycles. The van der Waals surface area contributed by atoms with Crippen molar-refractivity contribution in [2.75, 3.05) is 13.7 Å². The lowest BCUT2D eigenvalue weighted by Gasteiger charge is -2.43. The fourth-order valence-electron chi connectivity index (χ4n) is 2.49. The number of methoxy groups -OCH3 is 1. The van der Waals surface area contributed by atoms with Crippen LogP contribution in [0.4, 0.5) is 0 Å². The van der Waals surface area contributed by atoms with Gasteiger partial charge < -0.3 is 9.64 Å². The largest absolute Gasteiger partial charge is 0.376 e. The molecule has 4 heteroatoms. The Labute approximate surface area is 91.0 Å². The van der Waals surface area contributed by atoms with E-state index in [4.69, 9.17) is 4.74 Å². The molecule has 1 amide bonds. The SMILES string of the molecule is COC1(CN2C(=O)C(C)NC2C)CCC1. The number of carbonyl (C=O) groups excluding carboxylic acids is 1. The summed E-state index contributed by atoms with van der Waals surface area (Å²) in [7, 11) is 1.75. The second-order valence-electron chi connectivity index (χ2n) is 4.77. The minimum Gasteiger partial charge on any atom is -0.376 e. The quantitative estimate of drug-likeness (QED) is 0.749. The van der Waals surface area contributed by atoms with Crippen molar-refractivity contribution in [3.05, 3.63) is 0 Å². The van der Waals surface area contributed by atoms with Gasteiger partial charge in [-0.25, -0.2) is 0 Å². The zero-order valence-corrected chi connectivity index (χ0v) is 9.75. The Morgan fingerprint density at radius 3 is 2.53 bits per heavy atom. The van der Waals surface area contributed by atoms with E-state index in [2.05, 4.69) is 5.32 Å². The molecule has 0 aromatic rings. The average Bonchev–Trinajstić information content (AvgIpc) is 2.37. The Morgan fingerprint density at radius 1 is 1.53 bits per heavy atom. The Hall–Kier alpha value is -0.610. The van der Waals surface area contributed by atoms with Crippen LogP contribution in [0.2, 0.25) is 0 Å². The molecular formula is C11H20N2O2. The van der Waals surface area contributed by atoms with Crippen LogP contribution in [0, 0.1) is 0 Å². The molecule has 2 fully saturated rings. The van der Waals surface area contributed by atoms with Gasteiger partial charge in [-0.15, -0.1) is 0 Å². The predicted octanol–water partition coefficient (Wildman–Crippen LogP) is 0.722. The summed E-state index contributed by atoms with van der Waals surface area (Å²) < 4.78 is 5.55. The monoisotopic (exact) mass is 212 g/mol. The summed E-state index contributed by atoms with van der Waals surface area (Å²) in [6.45, 7) is 4.68. The third kappa shape index (κ3) is 1.76. The van der Waals surface area contributed by atoms with E-state index in [-0.39, 0.29) is 23.7 Å². The summed E-state index contributed by atoms with van der Waals surface area (Å²) in [4.78, 5) is 13.8. The van der Waals surface area contributed by atoms with E-state index in [1.54, 1.807) is 7.11 Å². The molecule has 0 aromatic heterocycles. The first-order valence-corrected chi connectivity index (χ1v) is 5.70. The molecule has 1 saturated carbocycles. The molecule has 0 radical (unpaired) electrons. The van der Waals surface area contributed by atoms with Crippen LogP contribution in [0.25, 0.3) is 0 Å².